The number of hydrogen-bond donors (Lipinski definition) is 2. The molecule has 3 amide bonds. The topological polar surface area (TPSA) is 99.2 Å². The number of nitrogens with one attached hydrogen (secondary N) is 1. The molecule has 0 aromatic heterocycles. The largest absolute Gasteiger partial charge is 0.480 e. The molecule has 0 saturated heterocycles. The van der Waals surface area contributed by atoms with Crippen molar-refractivity contribution in [1.82, 2.24) is 15.1 Å². The van der Waals surface area contributed by atoms with E-state index in [1.807, 2.05) is 0 Å². The smallest absolute Gasteiger partial charge is 0.328 e. The molecule has 0 heterocycles. The van der Waals surface area contributed by atoms with Crippen LogP contribution in [0.3, 0.4) is 0 Å². The highest BCUT2D eigenvalue weighted by Gasteiger charge is 2.22. The zero-order chi connectivity index (χ0) is 14.3. The third-order valence-electron chi connectivity index (χ3n) is 2.15. The molecular formula is C10H19N3O5. The zero-order valence-corrected chi connectivity index (χ0v) is 11.0. The van der Waals surface area contributed by atoms with Gasteiger partial charge in [-0.05, 0) is 0 Å². The lowest BCUT2D eigenvalue weighted by Crippen LogP contribution is -2.50. The van der Waals surface area contributed by atoms with Crippen molar-refractivity contribution in [3.05, 3.63) is 0 Å². The minimum atomic E-state index is -1.20. The molecule has 1 unspecified atom stereocenters. The van der Waals surface area contributed by atoms with E-state index < -0.39 is 18.0 Å². The molecule has 8 heteroatoms. The highest BCUT2D eigenvalue weighted by molar-refractivity contribution is 5.86. The van der Waals surface area contributed by atoms with Crippen LogP contribution >= 0.6 is 0 Å². The van der Waals surface area contributed by atoms with Gasteiger partial charge in [-0.2, -0.15) is 0 Å². The summed E-state index contributed by atoms with van der Waals surface area (Å²) in [6, 6.07) is -1.78. The Morgan fingerprint density at radius 3 is 2.22 bits per heavy atom. The molecule has 0 rings (SSSR count). The van der Waals surface area contributed by atoms with Gasteiger partial charge >= 0.3 is 12.0 Å². The molecule has 18 heavy (non-hydrogen) atoms. The molecule has 0 radical (unpaired) electrons. The van der Waals surface area contributed by atoms with Gasteiger partial charge in [-0.1, -0.05) is 0 Å². The molecule has 8 nitrogen and oxygen atoms in total. The van der Waals surface area contributed by atoms with Crippen molar-refractivity contribution in [3.63, 3.8) is 0 Å². The van der Waals surface area contributed by atoms with Gasteiger partial charge in [0.05, 0.1) is 6.61 Å². The Kier molecular flexibility index (Phi) is 6.73. The van der Waals surface area contributed by atoms with Gasteiger partial charge in [-0.15, -0.1) is 0 Å². The second kappa shape index (κ2) is 7.49. The average molecular weight is 261 g/mol. The highest BCUT2D eigenvalue weighted by Crippen LogP contribution is 1.92. The van der Waals surface area contributed by atoms with E-state index >= 15 is 0 Å². The second-order valence-corrected chi connectivity index (χ2v) is 3.94. The van der Waals surface area contributed by atoms with Crippen LogP contribution in [0.15, 0.2) is 0 Å². The van der Waals surface area contributed by atoms with Crippen molar-refractivity contribution < 1.29 is 24.2 Å². The van der Waals surface area contributed by atoms with Gasteiger partial charge in [0.25, 0.3) is 0 Å². The van der Waals surface area contributed by atoms with Crippen LogP contribution in [0.5, 0.6) is 0 Å². The number of likely N-dealkylation sites (N-methyl/N-ethyl adjacent to an activating group) is 2. The summed E-state index contributed by atoms with van der Waals surface area (Å²) in [5, 5.41) is 11.1. The normalized spacial score (nSPS) is 11.6. The van der Waals surface area contributed by atoms with E-state index in [0.29, 0.717) is 0 Å². The van der Waals surface area contributed by atoms with E-state index in [0.717, 1.165) is 4.90 Å². The Labute approximate surface area is 105 Å². The van der Waals surface area contributed by atoms with Crippen molar-refractivity contribution >= 4 is 17.9 Å². The van der Waals surface area contributed by atoms with Crippen LogP contribution in [0.25, 0.3) is 0 Å². The predicted octanol–water partition coefficient (Wildman–Crippen LogP) is -1.18. The Morgan fingerprint density at radius 1 is 1.28 bits per heavy atom. The quantitative estimate of drug-likeness (QED) is 0.626. The maximum Gasteiger partial charge on any atom is 0.328 e. The number of aliphatic carboxylic acids is 1. The van der Waals surface area contributed by atoms with Crippen LogP contribution in [0.2, 0.25) is 0 Å². The molecule has 104 valence electrons. The Bertz CT molecular complexity index is 319. The average Bonchev–Trinajstić information content (AvgIpc) is 2.27. The van der Waals surface area contributed by atoms with Crippen molar-refractivity contribution in [2.75, 3.05) is 41.4 Å². The number of carbonyl (C=O) groups excluding carboxylic acids is 2. The van der Waals surface area contributed by atoms with Crippen LogP contribution in [0, 0.1) is 0 Å². The number of hydrogen-bond acceptors (Lipinski definition) is 4. The molecule has 0 bridgehead atoms. The first-order valence-corrected chi connectivity index (χ1v) is 5.23. The van der Waals surface area contributed by atoms with Crippen molar-refractivity contribution in [1.29, 1.82) is 0 Å². The molecule has 2 N–H and O–H groups in total. The molecular weight excluding hydrogens is 242 g/mol. The van der Waals surface area contributed by atoms with Crippen molar-refractivity contribution in [2.45, 2.75) is 6.04 Å². The number of carboxylic acids is 1. The highest BCUT2D eigenvalue weighted by atomic mass is 16.5. The third kappa shape index (κ3) is 5.48. The van der Waals surface area contributed by atoms with Gasteiger partial charge in [0, 0.05) is 28.3 Å². The van der Waals surface area contributed by atoms with Crippen LogP contribution in [0.1, 0.15) is 0 Å². The maximum atomic E-state index is 11.6. The van der Waals surface area contributed by atoms with Crippen molar-refractivity contribution in [2.24, 2.45) is 0 Å². The predicted molar refractivity (Wildman–Crippen MR) is 63.2 cm³/mol. The van der Waals surface area contributed by atoms with Crippen LogP contribution < -0.4 is 5.32 Å². The van der Waals surface area contributed by atoms with Gasteiger partial charge in [0.15, 0.2) is 6.04 Å². The minimum absolute atomic E-state index is 0.127. The summed E-state index contributed by atoms with van der Waals surface area (Å²) < 4.78 is 4.68. The fraction of sp³-hybridized carbons (Fsp3) is 0.700. The number of methoxy groups -OCH3 is 1. The Balaban J connectivity index is 4.37. The van der Waals surface area contributed by atoms with Crippen LogP contribution in [-0.2, 0) is 14.3 Å². The summed E-state index contributed by atoms with van der Waals surface area (Å²) in [6.07, 6.45) is 0. The van der Waals surface area contributed by atoms with E-state index in [2.05, 4.69) is 10.1 Å². The van der Waals surface area contributed by atoms with E-state index in [1.165, 1.54) is 19.1 Å². The first-order chi connectivity index (χ1) is 8.29. The lowest BCUT2D eigenvalue weighted by atomic mass is 10.3. The summed E-state index contributed by atoms with van der Waals surface area (Å²) >= 11 is 0. The molecule has 0 aliphatic heterocycles. The molecule has 0 aliphatic carbocycles. The van der Waals surface area contributed by atoms with Crippen LogP contribution in [-0.4, -0.2) is 80.3 Å². The van der Waals surface area contributed by atoms with E-state index in [9.17, 15) is 14.4 Å². The fourth-order valence-corrected chi connectivity index (χ4v) is 1.02. The summed E-state index contributed by atoms with van der Waals surface area (Å²) in [5.74, 6) is -1.45. The Morgan fingerprint density at radius 2 is 1.83 bits per heavy atom. The molecule has 0 saturated carbocycles. The number of nitrogens with zero attached hydrogens (tertiary/aromatic N) is 2. The molecule has 0 aliphatic rings. The van der Waals surface area contributed by atoms with Crippen LogP contribution in [0.4, 0.5) is 4.79 Å². The number of amides is 3. The fourth-order valence-electron chi connectivity index (χ4n) is 1.02. The number of carbonyl (C=O) groups is 3. The first kappa shape index (κ1) is 16.2. The summed E-state index contributed by atoms with van der Waals surface area (Å²) in [7, 11) is 5.88. The Hall–Kier alpha value is -1.83. The molecule has 0 spiro atoms. The molecule has 0 aromatic rings. The lowest BCUT2D eigenvalue weighted by Gasteiger charge is -2.22. The van der Waals surface area contributed by atoms with Gasteiger partial charge in [-0.25, -0.2) is 9.59 Å². The summed E-state index contributed by atoms with van der Waals surface area (Å²) in [5.41, 5.74) is 0. The number of carboxylic acid groups (broad SMARTS) is 1. The number of urea groups is 1. The molecule has 1 atom stereocenters. The standard InChI is InChI=1S/C10H19N3O5/c1-12(2)8(14)5-13(3)10(17)11-7(6-18-4)9(15)16/h7H,5-6H2,1-4H3,(H,11,17)(H,15,16). The third-order valence-corrected chi connectivity index (χ3v) is 2.15. The van der Waals surface area contributed by atoms with Gasteiger partial charge in [0.2, 0.25) is 5.91 Å². The number of rotatable bonds is 6. The molecule has 0 fully saturated rings. The van der Waals surface area contributed by atoms with E-state index in [4.69, 9.17) is 5.11 Å². The maximum absolute atomic E-state index is 11.6. The minimum Gasteiger partial charge on any atom is -0.480 e. The SMILES string of the molecule is COCC(NC(=O)N(C)CC(=O)N(C)C)C(=O)O. The number of ether oxygens (including phenoxy) is 1. The van der Waals surface area contributed by atoms with E-state index in [-0.39, 0.29) is 19.1 Å². The monoisotopic (exact) mass is 261 g/mol. The summed E-state index contributed by atoms with van der Waals surface area (Å²) in [4.78, 5) is 36.2. The molecule has 0 aromatic carbocycles. The van der Waals surface area contributed by atoms with Crippen molar-refractivity contribution in [3.8, 4) is 0 Å². The van der Waals surface area contributed by atoms with Gasteiger partial charge in [0.1, 0.15) is 6.54 Å². The zero-order valence-electron chi connectivity index (χ0n) is 11.0. The van der Waals surface area contributed by atoms with Gasteiger partial charge < -0.3 is 25.0 Å². The first-order valence-electron chi connectivity index (χ1n) is 5.23. The second-order valence-electron chi connectivity index (χ2n) is 3.94. The summed E-state index contributed by atoms with van der Waals surface area (Å²) in [6.45, 7) is -0.269. The lowest BCUT2D eigenvalue weighted by molar-refractivity contribution is -0.140. The van der Waals surface area contributed by atoms with Gasteiger partial charge in [-0.3, -0.25) is 4.79 Å². The van der Waals surface area contributed by atoms with E-state index in [1.54, 1.807) is 14.1 Å².